The Morgan fingerprint density at radius 1 is 0.872 bits per heavy atom. The van der Waals surface area contributed by atoms with Crippen LogP contribution in [0.5, 0.6) is 0 Å². The molecule has 1 amide bonds. The minimum Gasteiger partial charge on any atom is -0.480 e. The van der Waals surface area contributed by atoms with Gasteiger partial charge >= 0.3 is 5.97 Å². The number of aromatic nitrogens is 1. The van der Waals surface area contributed by atoms with Gasteiger partial charge in [-0.1, -0.05) is 66.2 Å². The Balaban J connectivity index is 1.49. The highest BCUT2D eigenvalue weighted by Gasteiger charge is 2.24. The van der Waals surface area contributed by atoms with E-state index >= 15 is 0 Å². The zero-order valence-corrected chi connectivity index (χ0v) is 22.2. The van der Waals surface area contributed by atoms with Gasteiger partial charge in [-0.25, -0.2) is 4.79 Å². The molecule has 6 nitrogen and oxygen atoms in total. The van der Waals surface area contributed by atoms with E-state index in [4.69, 9.17) is 11.6 Å². The van der Waals surface area contributed by atoms with Gasteiger partial charge in [0.05, 0.1) is 0 Å². The molecule has 0 aliphatic carbocycles. The molecule has 5 aromatic rings. The number of amides is 1. The van der Waals surface area contributed by atoms with E-state index in [1.54, 1.807) is 42.5 Å². The number of aliphatic carboxylic acids is 1. The first-order valence-electron chi connectivity index (χ1n) is 12.1. The molecule has 8 heteroatoms. The zero-order chi connectivity index (χ0) is 27.4. The molecule has 2 heterocycles. The fourth-order valence-corrected chi connectivity index (χ4v) is 5.09. The number of carboxylic acids is 1. The summed E-state index contributed by atoms with van der Waals surface area (Å²) < 4.78 is 1.18. The molecule has 3 aromatic carbocycles. The van der Waals surface area contributed by atoms with Crippen LogP contribution in [-0.2, 0) is 11.2 Å². The van der Waals surface area contributed by atoms with Gasteiger partial charge in [-0.05, 0) is 69.4 Å². The van der Waals surface area contributed by atoms with Gasteiger partial charge in [0.1, 0.15) is 11.7 Å². The van der Waals surface area contributed by atoms with E-state index in [2.05, 4.69) is 5.32 Å². The second-order valence-corrected chi connectivity index (χ2v) is 10.2. The number of benzene rings is 3. The van der Waals surface area contributed by atoms with Crippen molar-refractivity contribution in [1.82, 2.24) is 4.57 Å². The standard InChI is InChI=1S/C31H23ClN2O4S/c32-26-12-6-20(7-13-26)16-28(31(37)38)34-18-25(24-14-15-39-19-24)17-27(30(34)36)33-29(35)23-10-8-22(9-11-23)21-4-2-1-3-5-21/h1-15,17-19,28H,16H2,(H,33,35)(H,37,38). The largest absolute Gasteiger partial charge is 0.480 e. The normalized spacial score (nSPS) is 11.6. The summed E-state index contributed by atoms with van der Waals surface area (Å²) >= 11 is 7.46. The third kappa shape index (κ3) is 6.00. The molecule has 0 aliphatic heterocycles. The van der Waals surface area contributed by atoms with Crippen LogP contribution in [0.25, 0.3) is 22.3 Å². The van der Waals surface area contributed by atoms with Crippen molar-refractivity contribution in [1.29, 1.82) is 0 Å². The van der Waals surface area contributed by atoms with E-state index in [9.17, 15) is 19.5 Å². The van der Waals surface area contributed by atoms with Crippen LogP contribution in [0.1, 0.15) is 22.0 Å². The Labute approximate surface area is 233 Å². The first-order valence-corrected chi connectivity index (χ1v) is 13.4. The monoisotopic (exact) mass is 554 g/mol. The van der Waals surface area contributed by atoms with Crippen molar-refractivity contribution in [3.63, 3.8) is 0 Å². The molecule has 0 radical (unpaired) electrons. The van der Waals surface area contributed by atoms with Crippen LogP contribution in [0.3, 0.4) is 0 Å². The third-order valence-corrected chi connectivity index (χ3v) is 7.30. The highest BCUT2D eigenvalue weighted by molar-refractivity contribution is 7.08. The average molecular weight is 555 g/mol. The highest BCUT2D eigenvalue weighted by atomic mass is 35.5. The topological polar surface area (TPSA) is 88.4 Å². The Bertz CT molecular complexity index is 1660. The van der Waals surface area contributed by atoms with E-state index in [1.807, 2.05) is 59.3 Å². The summed E-state index contributed by atoms with van der Waals surface area (Å²) in [6.07, 6.45) is 1.59. The van der Waals surface area contributed by atoms with Crippen molar-refractivity contribution in [2.75, 3.05) is 5.32 Å². The number of thiophene rings is 1. The number of carboxylic acid groups (broad SMARTS) is 1. The third-order valence-electron chi connectivity index (χ3n) is 6.36. The molecule has 2 aromatic heterocycles. The van der Waals surface area contributed by atoms with Crippen molar-refractivity contribution in [2.45, 2.75) is 12.5 Å². The summed E-state index contributed by atoms with van der Waals surface area (Å²) in [4.78, 5) is 39.1. The minimum absolute atomic E-state index is 0.00167. The van der Waals surface area contributed by atoms with Gasteiger partial charge in [0.25, 0.3) is 11.5 Å². The van der Waals surface area contributed by atoms with E-state index < -0.39 is 23.5 Å². The van der Waals surface area contributed by atoms with Crippen molar-refractivity contribution in [2.24, 2.45) is 0 Å². The van der Waals surface area contributed by atoms with Crippen molar-refractivity contribution < 1.29 is 14.7 Å². The van der Waals surface area contributed by atoms with Gasteiger partial charge in [-0.15, -0.1) is 0 Å². The van der Waals surface area contributed by atoms with E-state index in [0.29, 0.717) is 21.7 Å². The molecule has 0 saturated heterocycles. The molecular weight excluding hydrogens is 532 g/mol. The lowest BCUT2D eigenvalue weighted by Gasteiger charge is -2.19. The zero-order valence-electron chi connectivity index (χ0n) is 20.6. The Kier molecular flexibility index (Phi) is 7.72. The van der Waals surface area contributed by atoms with Crippen LogP contribution in [0.2, 0.25) is 5.02 Å². The molecule has 0 aliphatic rings. The molecule has 39 heavy (non-hydrogen) atoms. The molecule has 0 saturated carbocycles. The molecule has 1 unspecified atom stereocenters. The van der Waals surface area contributed by atoms with Gasteiger partial charge in [0, 0.05) is 28.8 Å². The van der Waals surface area contributed by atoms with Crippen LogP contribution in [0, 0.1) is 0 Å². The Morgan fingerprint density at radius 2 is 1.56 bits per heavy atom. The molecular formula is C31H23ClN2O4S. The van der Waals surface area contributed by atoms with E-state index in [0.717, 1.165) is 16.7 Å². The van der Waals surface area contributed by atoms with Gasteiger partial charge in [-0.3, -0.25) is 14.2 Å². The van der Waals surface area contributed by atoms with Crippen molar-refractivity contribution in [3.8, 4) is 22.3 Å². The summed E-state index contributed by atoms with van der Waals surface area (Å²) in [5.74, 6) is -1.63. The number of nitrogens with zero attached hydrogens (tertiary/aromatic N) is 1. The first-order chi connectivity index (χ1) is 18.9. The summed E-state index contributed by atoms with van der Waals surface area (Å²) in [6, 6.07) is 25.9. The van der Waals surface area contributed by atoms with Crippen LogP contribution in [-0.4, -0.2) is 21.6 Å². The van der Waals surface area contributed by atoms with Gasteiger partial charge < -0.3 is 10.4 Å². The predicted molar refractivity (Wildman–Crippen MR) is 156 cm³/mol. The SMILES string of the molecule is O=C(Nc1cc(-c2ccsc2)cn(C(Cc2ccc(Cl)cc2)C(=O)O)c1=O)c1ccc(-c2ccccc2)cc1. The summed E-state index contributed by atoms with van der Waals surface area (Å²) in [5.41, 5.74) is 3.89. The lowest BCUT2D eigenvalue weighted by atomic mass is 10.0. The number of nitrogens with one attached hydrogen (secondary N) is 1. The smallest absolute Gasteiger partial charge is 0.327 e. The molecule has 1 atom stereocenters. The average Bonchev–Trinajstić information content (AvgIpc) is 3.50. The van der Waals surface area contributed by atoms with Crippen molar-refractivity contribution in [3.05, 3.63) is 134 Å². The summed E-state index contributed by atoms with van der Waals surface area (Å²) in [6.45, 7) is 0. The number of hydrogen-bond donors (Lipinski definition) is 2. The van der Waals surface area contributed by atoms with Crippen LogP contribution >= 0.6 is 22.9 Å². The fraction of sp³-hybridized carbons (Fsp3) is 0.0645. The molecule has 0 bridgehead atoms. The summed E-state index contributed by atoms with van der Waals surface area (Å²) in [7, 11) is 0. The lowest BCUT2D eigenvalue weighted by molar-refractivity contribution is -0.141. The molecule has 5 rings (SSSR count). The first kappa shape index (κ1) is 26.2. The number of pyridine rings is 1. The van der Waals surface area contributed by atoms with Crippen LogP contribution < -0.4 is 10.9 Å². The number of carbonyl (C=O) groups is 2. The predicted octanol–water partition coefficient (Wildman–Crippen LogP) is 7.02. The van der Waals surface area contributed by atoms with E-state index in [-0.39, 0.29) is 12.1 Å². The second kappa shape index (κ2) is 11.5. The number of anilines is 1. The van der Waals surface area contributed by atoms with Gasteiger partial charge in [0.2, 0.25) is 0 Å². The summed E-state index contributed by atoms with van der Waals surface area (Å²) in [5, 5.41) is 17.1. The maximum absolute atomic E-state index is 13.6. The maximum atomic E-state index is 13.6. The highest BCUT2D eigenvalue weighted by Crippen LogP contribution is 2.26. The number of carbonyl (C=O) groups excluding carboxylic acids is 1. The van der Waals surface area contributed by atoms with Crippen molar-refractivity contribution >= 4 is 40.5 Å². The number of hydrogen-bond acceptors (Lipinski definition) is 4. The van der Waals surface area contributed by atoms with Crippen LogP contribution in [0.4, 0.5) is 5.69 Å². The Morgan fingerprint density at radius 3 is 2.21 bits per heavy atom. The molecule has 0 spiro atoms. The number of rotatable bonds is 8. The molecule has 0 fully saturated rings. The maximum Gasteiger partial charge on any atom is 0.327 e. The van der Waals surface area contributed by atoms with E-state index in [1.165, 1.54) is 22.1 Å². The van der Waals surface area contributed by atoms with Gasteiger partial charge in [-0.2, -0.15) is 11.3 Å². The van der Waals surface area contributed by atoms with Gasteiger partial charge in [0.15, 0.2) is 0 Å². The molecule has 2 N–H and O–H groups in total. The fourth-order valence-electron chi connectivity index (χ4n) is 4.30. The minimum atomic E-state index is -1.20. The number of halogens is 1. The molecule has 194 valence electrons. The second-order valence-electron chi connectivity index (χ2n) is 8.95. The quantitative estimate of drug-likeness (QED) is 0.216. The lowest BCUT2D eigenvalue weighted by Crippen LogP contribution is -2.33. The van der Waals surface area contributed by atoms with Crippen LogP contribution in [0.15, 0.2) is 113 Å². The Hall–Kier alpha value is -4.46.